The molecule has 1 saturated heterocycles. The van der Waals surface area contributed by atoms with E-state index < -0.39 is 63.8 Å². The Hall–Kier alpha value is -3.94. The van der Waals surface area contributed by atoms with Gasteiger partial charge in [-0.3, -0.25) is 23.7 Å². The van der Waals surface area contributed by atoms with Crippen LogP contribution in [0.2, 0.25) is 5.02 Å². The first-order chi connectivity index (χ1) is 20.4. The molecule has 14 heteroatoms. The lowest BCUT2D eigenvalue weighted by Crippen LogP contribution is -2.33. The lowest BCUT2D eigenvalue weighted by Gasteiger charge is -2.30. The summed E-state index contributed by atoms with van der Waals surface area (Å²) in [6, 6.07) is 15.5. The molecular formula is C29H18ClF4N3O4S2. The fourth-order valence-electron chi connectivity index (χ4n) is 5.24. The number of anilines is 2. The van der Waals surface area contributed by atoms with E-state index in [2.05, 4.69) is 5.32 Å². The summed E-state index contributed by atoms with van der Waals surface area (Å²) in [6.07, 6.45) is -4.70. The molecule has 3 atom stereocenters. The van der Waals surface area contributed by atoms with Crippen molar-refractivity contribution < 1.29 is 31.9 Å². The van der Waals surface area contributed by atoms with Crippen LogP contribution in [-0.2, 0) is 27.1 Å². The average Bonchev–Trinajstić information content (AvgIpc) is 3.40. The number of carbonyl (C=O) groups excluding carboxylic acids is 3. The van der Waals surface area contributed by atoms with Gasteiger partial charge in [-0.15, -0.1) is 0 Å². The van der Waals surface area contributed by atoms with Crippen LogP contribution in [-0.4, -0.2) is 27.5 Å². The smallest absolute Gasteiger partial charge is 0.325 e. The van der Waals surface area contributed by atoms with E-state index in [9.17, 15) is 36.7 Å². The Morgan fingerprint density at radius 1 is 0.953 bits per heavy atom. The molecule has 0 saturated carbocycles. The van der Waals surface area contributed by atoms with Crippen molar-refractivity contribution in [3.8, 4) is 0 Å². The van der Waals surface area contributed by atoms with Crippen molar-refractivity contribution in [3.63, 3.8) is 0 Å². The van der Waals surface area contributed by atoms with E-state index >= 15 is 0 Å². The van der Waals surface area contributed by atoms with E-state index in [0.29, 0.717) is 21.2 Å². The van der Waals surface area contributed by atoms with Crippen LogP contribution in [0.3, 0.4) is 0 Å². The highest BCUT2D eigenvalue weighted by atomic mass is 35.5. The fraction of sp³-hybridized carbons (Fsp3) is 0.172. The zero-order chi connectivity index (χ0) is 30.6. The van der Waals surface area contributed by atoms with Crippen molar-refractivity contribution >= 4 is 63.8 Å². The highest BCUT2D eigenvalue weighted by molar-refractivity contribution is 8.00. The molecule has 2 aliphatic heterocycles. The van der Waals surface area contributed by atoms with E-state index in [1.807, 2.05) is 0 Å². The average molecular weight is 648 g/mol. The number of amides is 3. The standard InChI is InChI=1S/C29H18ClF4N3O4S2/c30-16-6-10-18(11-7-16)35-20(38)13-36-27-24(43-28(36)41)21(14-4-8-17(31)9-5-14)22-23(42-27)26(40)37(25(22)39)19-3-1-2-15(12-19)29(32,33)34/h1-12,21-23H,13H2,(H,35,38). The van der Waals surface area contributed by atoms with Crippen molar-refractivity contribution in [2.75, 3.05) is 10.2 Å². The third-order valence-corrected chi connectivity index (χ3v) is 10.00. The molecule has 220 valence electrons. The van der Waals surface area contributed by atoms with Gasteiger partial charge in [0.2, 0.25) is 17.7 Å². The fourth-order valence-corrected chi connectivity index (χ4v) is 8.14. The summed E-state index contributed by atoms with van der Waals surface area (Å²) in [5.41, 5.74) is -0.385. The first-order valence-electron chi connectivity index (χ1n) is 12.7. The number of alkyl halides is 3. The van der Waals surface area contributed by atoms with Crippen LogP contribution in [0, 0.1) is 11.7 Å². The van der Waals surface area contributed by atoms with Gasteiger partial charge in [-0.1, -0.05) is 52.9 Å². The Balaban J connectivity index is 1.40. The molecule has 3 aromatic carbocycles. The summed E-state index contributed by atoms with van der Waals surface area (Å²) in [6.45, 7) is -0.409. The first kappa shape index (κ1) is 29.1. The number of fused-ring (bicyclic) bond motifs is 2. The van der Waals surface area contributed by atoms with Crippen LogP contribution in [0.25, 0.3) is 0 Å². The second-order valence-electron chi connectivity index (χ2n) is 9.83. The van der Waals surface area contributed by atoms with Gasteiger partial charge in [0.1, 0.15) is 17.6 Å². The molecule has 2 aliphatic rings. The van der Waals surface area contributed by atoms with Crippen molar-refractivity contribution in [2.24, 2.45) is 5.92 Å². The maximum Gasteiger partial charge on any atom is 0.416 e. The number of rotatable bonds is 5. The quantitative estimate of drug-likeness (QED) is 0.207. The lowest BCUT2D eigenvalue weighted by atomic mass is 9.83. The van der Waals surface area contributed by atoms with Gasteiger partial charge in [-0.25, -0.2) is 9.29 Å². The molecule has 4 aromatic rings. The number of aromatic nitrogens is 1. The number of nitrogens with one attached hydrogen (secondary N) is 1. The van der Waals surface area contributed by atoms with Gasteiger partial charge in [0.05, 0.1) is 22.2 Å². The lowest BCUT2D eigenvalue weighted by molar-refractivity contribution is -0.137. The third-order valence-electron chi connectivity index (χ3n) is 7.14. The maximum absolute atomic E-state index is 13.9. The molecule has 6 rings (SSSR count). The highest BCUT2D eigenvalue weighted by Gasteiger charge is 2.57. The number of carbonyl (C=O) groups is 3. The summed E-state index contributed by atoms with van der Waals surface area (Å²) in [7, 11) is 0. The van der Waals surface area contributed by atoms with Crippen LogP contribution in [0.4, 0.5) is 28.9 Å². The Bertz CT molecular complexity index is 1820. The molecule has 3 amide bonds. The van der Waals surface area contributed by atoms with E-state index in [1.54, 1.807) is 24.3 Å². The van der Waals surface area contributed by atoms with Crippen LogP contribution >= 0.6 is 34.7 Å². The maximum atomic E-state index is 13.9. The summed E-state index contributed by atoms with van der Waals surface area (Å²) in [4.78, 5) is 54.3. The van der Waals surface area contributed by atoms with Gasteiger partial charge in [-0.05, 0) is 60.2 Å². The van der Waals surface area contributed by atoms with Crippen LogP contribution < -0.4 is 15.1 Å². The number of thioether (sulfide) groups is 1. The Morgan fingerprint density at radius 3 is 2.33 bits per heavy atom. The topological polar surface area (TPSA) is 88.5 Å². The van der Waals surface area contributed by atoms with Gasteiger partial charge >= 0.3 is 11.0 Å². The van der Waals surface area contributed by atoms with E-state index in [1.165, 1.54) is 34.9 Å². The second kappa shape index (κ2) is 11.0. The molecule has 3 unspecified atom stereocenters. The van der Waals surface area contributed by atoms with Crippen molar-refractivity contribution in [3.05, 3.63) is 109 Å². The minimum Gasteiger partial charge on any atom is -0.325 e. The number of imide groups is 1. The number of hydrogen-bond donors (Lipinski definition) is 1. The van der Waals surface area contributed by atoms with Crippen molar-refractivity contribution in [2.45, 2.75) is 28.9 Å². The van der Waals surface area contributed by atoms with E-state index in [-0.39, 0.29) is 10.7 Å². The molecule has 1 aromatic heterocycles. The number of nitrogens with zero attached hydrogens (tertiary/aromatic N) is 2. The summed E-state index contributed by atoms with van der Waals surface area (Å²) in [5, 5.41) is 2.30. The van der Waals surface area contributed by atoms with E-state index in [4.69, 9.17) is 11.6 Å². The van der Waals surface area contributed by atoms with Crippen molar-refractivity contribution in [1.29, 1.82) is 0 Å². The van der Waals surface area contributed by atoms with Gasteiger partial charge < -0.3 is 5.32 Å². The molecule has 1 fully saturated rings. The summed E-state index contributed by atoms with van der Waals surface area (Å²) in [5.74, 6) is -4.57. The number of benzene rings is 3. The van der Waals surface area contributed by atoms with Crippen LogP contribution in [0.15, 0.2) is 82.6 Å². The van der Waals surface area contributed by atoms with Gasteiger partial charge in [0.15, 0.2) is 0 Å². The molecular weight excluding hydrogens is 630 g/mol. The molecule has 7 nitrogen and oxygen atoms in total. The highest BCUT2D eigenvalue weighted by Crippen LogP contribution is 2.54. The molecule has 43 heavy (non-hydrogen) atoms. The zero-order valence-electron chi connectivity index (χ0n) is 21.6. The van der Waals surface area contributed by atoms with Gasteiger partial charge in [-0.2, -0.15) is 13.2 Å². The monoisotopic (exact) mass is 647 g/mol. The first-order valence-corrected chi connectivity index (χ1v) is 14.8. The Labute approximate surface area is 254 Å². The second-order valence-corrected chi connectivity index (χ2v) is 12.4. The summed E-state index contributed by atoms with van der Waals surface area (Å²) < 4.78 is 55.4. The molecule has 0 bridgehead atoms. The predicted octanol–water partition coefficient (Wildman–Crippen LogP) is 6.16. The van der Waals surface area contributed by atoms with Crippen molar-refractivity contribution in [1.82, 2.24) is 4.57 Å². The van der Waals surface area contributed by atoms with Gasteiger partial charge in [0.25, 0.3) is 0 Å². The molecule has 0 spiro atoms. The van der Waals surface area contributed by atoms with E-state index in [0.717, 1.165) is 46.2 Å². The Kier molecular flexibility index (Phi) is 7.43. The number of thiazole rings is 1. The molecule has 3 heterocycles. The number of hydrogen-bond acceptors (Lipinski definition) is 6. The third kappa shape index (κ3) is 5.36. The van der Waals surface area contributed by atoms with Gasteiger partial charge in [0, 0.05) is 21.5 Å². The molecule has 1 N–H and O–H groups in total. The number of halogens is 5. The normalized spacial score (nSPS) is 19.7. The predicted molar refractivity (Wildman–Crippen MR) is 154 cm³/mol. The minimum atomic E-state index is -4.70. The zero-order valence-corrected chi connectivity index (χ0v) is 24.0. The summed E-state index contributed by atoms with van der Waals surface area (Å²) >= 11 is 7.60. The SMILES string of the molecule is O=C(Cn1c2c(sc1=O)C(c1ccc(F)cc1)C1C(=O)N(c3cccc(C(F)(F)F)c3)C(=O)C1S2)Nc1ccc(Cl)cc1. The Morgan fingerprint density at radius 2 is 1.65 bits per heavy atom. The van der Waals surface area contributed by atoms with Crippen LogP contribution in [0.5, 0.6) is 0 Å². The molecule has 0 radical (unpaired) electrons. The minimum absolute atomic E-state index is 0.235. The molecule has 0 aliphatic carbocycles. The van der Waals surface area contributed by atoms with Crippen LogP contribution in [0.1, 0.15) is 21.9 Å². The largest absolute Gasteiger partial charge is 0.416 e.